The third-order valence-corrected chi connectivity index (χ3v) is 4.09. The number of hydrogen-bond donors (Lipinski definition) is 1. The number of nitrogens with zero attached hydrogens (tertiary/aromatic N) is 1. The highest BCUT2D eigenvalue weighted by atomic mass is 32.1. The molecule has 0 atom stereocenters. The van der Waals surface area contributed by atoms with Crippen molar-refractivity contribution in [2.45, 2.75) is 26.8 Å². The van der Waals surface area contributed by atoms with Crippen molar-refractivity contribution in [1.82, 2.24) is 10.3 Å². The molecule has 1 aromatic heterocycles. The Balaban J connectivity index is 1.91. The van der Waals surface area contributed by atoms with Crippen molar-refractivity contribution in [3.63, 3.8) is 0 Å². The van der Waals surface area contributed by atoms with E-state index in [0.717, 1.165) is 22.5 Å². The van der Waals surface area contributed by atoms with Crippen molar-refractivity contribution in [2.24, 2.45) is 0 Å². The summed E-state index contributed by atoms with van der Waals surface area (Å²) in [5.74, 6) is -1.44. The molecule has 0 saturated carbocycles. The Morgan fingerprint density at radius 3 is 2.48 bits per heavy atom. The van der Waals surface area contributed by atoms with Gasteiger partial charge >= 0.3 is 0 Å². The number of aromatic carboxylic acids is 1. The Morgan fingerprint density at radius 1 is 1.24 bits per heavy atom. The number of aryl methyl sites for hydroxylation is 2. The molecule has 1 heterocycles. The topological polar surface area (TPSA) is 82.1 Å². The van der Waals surface area contributed by atoms with Crippen LogP contribution in [0, 0.1) is 13.8 Å². The first kappa shape index (κ1) is 15.2. The second kappa shape index (κ2) is 6.49. The molecule has 0 fully saturated rings. The molecule has 0 saturated heterocycles. The van der Waals surface area contributed by atoms with E-state index < -0.39 is 5.97 Å². The maximum Gasteiger partial charge on any atom is 0.227 e. The number of thiazole rings is 1. The number of aromatic nitrogens is 1. The smallest absolute Gasteiger partial charge is 0.227 e. The average Bonchev–Trinajstić information content (AvgIpc) is 2.79. The fraction of sp³-hybridized carbons (Fsp3) is 0.267. The van der Waals surface area contributed by atoms with Crippen molar-refractivity contribution < 1.29 is 14.7 Å². The molecule has 2 rings (SSSR count). The van der Waals surface area contributed by atoms with Crippen molar-refractivity contribution >= 4 is 23.2 Å². The van der Waals surface area contributed by atoms with E-state index in [9.17, 15) is 14.7 Å². The zero-order chi connectivity index (χ0) is 15.4. The number of carboxylic acids is 1. The summed E-state index contributed by atoms with van der Waals surface area (Å²) >= 11 is 0.986. The van der Waals surface area contributed by atoms with E-state index in [2.05, 4.69) is 10.3 Å². The molecule has 0 aliphatic heterocycles. The highest BCUT2D eigenvalue weighted by molar-refractivity contribution is 7.13. The number of carbonyl (C=O) groups is 2. The van der Waals surface area contributed by atoms with Crippen LogP contribution in [0.3, 0.4) is 0 Å². The molecule has 0 aliphatic carbocycles. The minimum absolute atomic E-state index is 0.0741. The third kappa shape index (κ3) is 4.13. The molecule has 5 nitrogen and oxygen atoms in total. The second-order valence-corrected chi connectivity index (χ2v) is 5.83. The second-order valence-electron chi connectivity index (χ2n) is 4.75. The lowest BCUT2D eigenvalue weighted by Crippen LogP contribution is -2.24. The van der Waals surface area contributed by atoms with Crippen LogP contribution in [-0.4, -0.2) is 16.9 Å². The standard InChI is InChI=1S/C15H16N2O3S/c1-9-3-5-11(6-4-9)8-16-12(18)7-13-17-10(2)14(21-13)15(19)20/h3-6H,7-8H2,1-2H3,(H,16,18)(H,19,20)/p-1. The molecule has 0 radical (unpaired) electrons. The molecule has 1 aromatic carbocycles. The monoisotopic (exact) mass is 303 g/mol. The normalized spacial score (nSPS) is 10.4. The Morgan fingerprint density at radius 2 is 1.90 bits per heavy atom. The largest absolute Gasteiger partial charge is 0.544 e. The van der Waals surface area contributed by atoms with Gasteiger partial charge in [-0.15, -0.1) is 11.3 Å². The van der Waals surface area contributed by atoms with E-state index in [-0.39, 0.29) is 17.2 Å². The SMILES string of the molecule is Cc1ccc(CNC(=O)Cc2nc(C)c(C(=O)[O-])s2)cc1. The maximum absolute atomic E-state index is 11.8. The van der Waals surface area contributed by atoms with Gasteiger partial charge in [-0.1, -0.05) is 29.8 Å². The van der Waals surface area contributed by atoms with Gasteiger partial charge in [0, 0.05) is 6.54 Å². The van der Waals surface area contributed by atoms with E-state index in [1.54, 1.807) is 6.92 Å². The van der Waals surface area contributed by atoms with Crippen LogP contribution >= 0.6 is 11.3 Å². The van der Waals surface area contributed by atoms with Gasteiger partial charge in [-0.2, -0.15) is 0 Å². The van der Waals surface area contributed by atoms with E-state index in [1.165, 1.54) is 0 Å². The molecule has 0 unspecified atom stereocenters. The Labute approximate surface area is 126 Å². The summed E-state index contributed by atoms with van der Waals surface area (Å²) in [4.78, 5) is 26.8. The summed E-state index contributed by atoms with van der Waals surface area (Å²) < 4.78 is 0. The van der Waals surface area contributed by atoms with Gasteiger partial charge in [0.25, 0.3) is 0 Å². The van der Waals surface area contributed by atoms with Gasteiger partial charge in [-0.3, -0.25) is 4.79 Å². The molecule has 1 amide bonds. The van der Waals surface area contributed by atoms with E-state index in [0.29, 0.717) is 17.2 Å². The lowest BCUT2D eigenvalue weighted by atomic mass is 10.1. The van der Waals surface area contributed by atoms with Crippen LogP contribution in [0.5, 0.6) is 0 Å². The van der Waals surface area contributed by atoms with Gasteiger partial charge < -0.3 is 15.2 Å². The first-order chi connectivity index (χ1) is 9.95. The van der Waals surface area contributed by atoms with Gasteiger partial charge in [-0.05, 0) is 19.4 Å². The molecule has 110 valence electrons. The number of carboxylic acid groups (broad SMARTS) is 1. The summed E-state index contributed by atoms with van der Waals surface area (Å²) in [5, 5.41) is 14.1. The third-order valence-electron chi connectivity index (χ3n) is 2.95. The fourth-order valence-electron chi connectivity index (χ4n) is 1.82. The molecule has 0 spiro atoms. The minimum atomic E-state index is -1.25. The number of rotatable bonds is 5. The molecule has 6 heteroatoms. The molecule has 0 aliphatic rings. The molecule has 2 aromatic rings. The molecule has 1 N–H and O–H groups in total. The van der Waals surface area contributed by atoms with E-state index in [1.807, 2.05) is 31.2 Å². The molecule has 0 bridgehead atoms. The summed E-state index contributed by atoms with van der Waals surface area (Å²) in [7, 11) is 0. The summed E-state index contributed by atoms with van der Waals surface area (Å²) in [6, 6.07) is 7.88. The first-order valence-electron chi connectivity index (χ1n) is 6.45. The van der Waals surface area contributed by atoms with Crippen molar-refractivity contribution in [1.29, 1.82) is 0 Å². The van der Waals surface area contributed by atoms with Crippen LogP contribution in [0.25, 0.3) is 0 Å². The van der Waals surface area contributed by atoms with E-state index >= 15 is 0 Å². The zero-order valence-electron chi connectivity index (χ0n) is 11.8. The van der Waals surface area contributed by atoms with Crippen LogP contribution in [0.1, 0.15) is 31.5 Å². The van der Waals surface area contributed by atoms with Gasteiger partial charge in [0.05, 0.1) is 23.0 Å². The Bertz CT molecular complexity index is 662. The van der Waals surface area contributed by atoms with Crippen LogP contribution in [0.15, 0.2) is 24.3 Å². The van der Waals surface area contributed by atoms with Crippen molar-refractivity contribution in [3.05, 3.63) is 51.0 Å². The average molecular weight is 303 g/mol. The van der Waals surface area contributed by atoms with Crippen LogP contribution < -0.4 is 10.4 Å². The molecular formula is C15H15N2O3S-. The number of amides is 1. The van der Waals surface area contributed by atoms with E-state index in [4.69, 9.17) is 0 Å². The summed E-state index contributed by atoms with van der Waals surface area (Å²) in [5.41, 5.74) is 2.57. The summed E-state index contributed by atoms with van der Waals surface area (Å²) in [6.45, 7) is 4.04. The molecular weight excluding hydrogens is 288 g/mol. The fourth-order valence-corrected chi connectivity index (χ4v) is 2.72. The lowest BCUT2D eigenvalue weighted by Gasteiger charge is -2.04. The van der Waals surface area contributed by atoms with Crippen molar-refractivity contribution in [3.8, 4) is 0 Å². The van der Waals surface area contributed by atoms with Crippen LogP contribution in [0.4, 0.5) is 0 Å². The molecule has 21 heavy (non-hydrogen) atoms. The van der Waals surface area contributed by atoms with Gasteiger partial charge in [0.1, 0.15) is 5.01 Å². The first-order valence-corrected chi connectivity index (χ1v) is 7.27. The highest BCUT2D eigenvalue weighted by Crippen LogP contribution is 2.17. The van der Waals surface area contributed by atoms with Crippen LogP contribution in [-0.2, 0) is 17.8 Å². The number of carbonyl (C=O) groups excluding carboxylic acids is 2. The number of hydrogen-bond acceptors (Lipinski definition) is 5. The quantitative estimate of drug-likeness (QED) is 0.892. The number of nitrogens with one attached hydrogen (secondary N) is 1. The number of benzene rings is 1. The lowest BCUT2D eigenvalue weighted by molar-refractivity contribution is -0.254. The predicted octanol–water partition coefficient (Wildman–Crippen LogP) is 0.982. The minimum Gasteiger partial charge on any atom is -0.544 e. The maximum atomic E-state index is 11.8. The van der Waals surface area contributed by atoms with Crippen molar-refractivity contribution in [2.75, 3.05) is 0 Å². The Kier molecular flexibility index (Phi) is 4.70. The summed E-state index contributed by atoms with van der Waals surface area (Å²) in [6.07, 6.45) is 0.0741. The van der Waals surface area contributed by atoms with Crippen LogP contribution in [0.2, 0.25) is 0 Å². The van der Waals surface area contributed by atoms with Gasteiger partial charge in [0.15, 0.2) is 0 Å². The highest BCUT2D eigenvalue weighted by Gasteiger charge is 2.11. The predicted molar refractivity (Wildman–Crippen MR) is 77.9 cm³/mol. The Hall–Kier alpha value is -2.21. The zero-order valence-corrected chi connectivity index (χ0v) is 12.6. The van der Waals surface area contributed by atoms with Gasteiger partial charge in [-0.25, -0.2) is 4.98 Å². The van der Waals surface area contributed by atoms with Gasteiger partial charge in [0.2, 0.25) is 5.91 Å².